The van der Waals surface area contributed by atoms with Crippen LogP contribution in [0.1, 0.15) is 18.4 Å². The highest BCUT2D eigenvalue weighted by Crippen LogP contribution is 2.39. The molecular weight excluding hydrogens is 299 g/mol. The standard InChI is InChI=1S/C15H14F3NO3/c16-15(17,18)13-11(14(20)21)7-9-3-4-10(8-12(9)22-13)19-5-1-2-6-19/h3-4,7-8,13H,1-2,5-6H2,(H,20,21). The Labute approximate surface area is 124 Å². The zero-order valence-electron chi connectivity index (χ0n) is 11.6. The molecule has 0 radical (unpaired) electrons. The number of benzene rings is 1. The smallest absolute Gasteiger partial charge is 0.430 e. The quantitative estimate of drug-likeness (QED) is 0.911. The molecule has 2 aliphatic rings. The van der Waals surface area contributed by atoms with E-state index >= 15 is 0 Å². The Morgan fingerprint density at radius 3 is 2.55 bits per heavy atom. The van der Waals surface area contributed by atoms with Gasteiger partial charge in [-0.15, -0.1) is 0 Å². The van der Waals surface area contributed by atoms with E-state index in [1.54, 1.807) is 18.2 Å². The van der Waals surface area contributed by atoms with E-state index in [0.717, 1.165) is 37.7 Å². The second-order valence-corrected chi connectivity index (χ2v) is 5.36. The molecule has 0 saturated carbocycles. The average molecular weight is 313 g/mol. The molecule has 0 aromatic heterocycles. The summed E-state index contributed by atoms with van der Waals surface area (Å²) in [6, 6.07) is 4.92. The van der Waals surface area contributed by atoms with E-state index in [4.69, 9.17) is 9.84 Å². The number of ether oxygens (including phenoxy) is 1. The second-order valence-electron chi connectivity index (χ2n) is 5.36. The van der Waals surface area contributed by atoms with Crippen molar-refractivity contribution in [3.05, 3.63) is 29.3 Å². The van der Waals surface area contributed by atoms with Crippen LogP contribution in [0.15, 0.2) is 23.8 Å². The number of fused-ring (bicyclic) bond motifs is 1. The molecule has 0 bridgehead atoms. The first-order valence-corrected chi connectivity index (χ1v) is 6.93. The molecule has 7 heteroatoms. The van der Waals surface area contributed by atoms with Crippen LogP contribution in [0.4, 0.5) is 18.9 Å². The van der Waals surface area contributed by atoms with Gasteiger partial charge in [0.15, 0.2) is 0 Å². The first-order valence-electron chi connectivity index (χ1n) is 6.93. The number of carbonyl (C=O) groups is 1. The number of carboxylic acids is 1. The van der Waals surface area contributed by atoms with Crippen LogP contribution >= 0.6 is 0 Å². The van der Waals surface area contributed by atoms with E-state index < -0.39 is 23.8 Å². The first kappa shape index (κ1) is 14.7. The molecule has 2 heterocycles. The Morgan fingerprint density at radius 1 is 1.27 bits per heavy atom. The van der Waals surface area contributed by atoms with Gasteiger partial charge in [-0.3, -0.25) is 0 Å². The minimum absolute atomic E-state index is 0.0664. The van der Waals surface area contributed by atoms with Crippen molar-refractivity contribution in [2.24, 2.45) is 0 Å². The van der Waals surface area contributed by atoms with E-state index in [1.165, 1.54) is 0 Å². The summed E-state index contributed by atoms with van der Waals surface area (Å²) in [4.78, 5) is 13.1. The topological polar surface area (TPSA) is 49.8 Å². The summed E-state index contributed by atoms with van der Waals surface area (Å²) in [6.45, 7) is 1.72. The number of rotatable bonds is 2. The number of hydrogen-bond donors (Lipinski definition) is 1. The third-order valence-corrected chi connectivity index (χ3v) is 3.85. The van der Waals surface area contributed by atoms with E-state index in [9.17, 15) is 18.0 Å². The summed E-state index contributed by atoms with van der Waals surface area (Å²) in [5.74, 6) is -1.56. The predicted molar refractivity (Wildman–Crippen MR) is 74.0 cm³/mol. The monoisotopic (exact) mass is 313 g/mol. The van der Waals surface area contributed by atoms with Crippen LogP contribution in [0.2, 0.25) is 0 Å². The third-order valence-electron chi connectivity index (χ3n) is 3.85. The van der Waals surface area contributed by atoms with Gasteiger partial charge in [-0.2, -0.15) is 13.2 Å². The Bertz CT molecular complexity index is 633. The van der Waals surface area contributed by atoms with Gasteiger partial charge in [0, 0.05) is 30.4 Å². The number of anilines is 1. The molecule has 1 atom stereocenters. The van der Waals surface area contributed by atoms with Crippen LogP contribution < -0.4 is 9.64 Å². The Hall–Kier alpha value is -2.18. The lowest BCUT2D eigenvalue weighted by molar-refractivity contribution is -0.187. The number of alkyl halides is 3. The number of carboxylic acid groups (broad SMARTS) is 1. The molecule has 1 saturated heterocycles. The number of aliphatic carboxylic acids is 1. The Balaban J connectivity index is 1.99. The molecule has 2 aliphatic heterocycles. The molecule has 1 unspecified atom stereocenters. The van der Waals surface area contributed by atoms with E-state index in [0.29, 0.717) is 5.56 Å². The summed E-state index contributed by atoms with van der Waals surface area (Å²) in [5.41, 5.74) is 0.346. The van der Waals surface area contributed by atoms with Crippen molar-refractivity contribution in [1.29, 1.82) is 0 Å². The summed E-state index contributed by atoms with van der Waals surface area (Å²) in [7, 11) is 0. The van der Waals surface area contributed by atoms with Crippen LogP contribution in [-0.2, 0) is 4.79 Å². The molecule has 1 aromatic carbocycles. The summed E-state index contributed by atoms with van der Waals surface area (Å²) >= 11 is 0. The fourth-order valence-electron chi connectivity index (χ4n) is 2.77. The van der Waals surface area contributed by atoms with Crippen LogP contribution in [0.25, 0.3) is 6.08 Å². The first-order chi connectivity index (χ1) is 10.4. The normalized spacial score (nSPS) is 21.1. The van der Waals surface area contributed by atoms with Gasteiger partial charge in [-0.25, -0.2) is 4.79 Å². The van der Waals surface area contributed by atoms with E-state index in [-0.39, 0.29) is 5.75 Å². The van der Waals surface area contributed by atoms with Crippen molar-refractivity contribution in [2.45, 2.75) is 25.1 Å². The highest BCUT2D eigenvalue weighted by Gasteiger charge is 2.48. The zero-order chi connectivity index (χ0) is 15.9. The molecule has 3 rings (SSSR count). The van der Waals surface area contributed by atoms with Gasteiger partial charge in [-0.05, 0) is 31.1 Å². The van der Waals surface area contributed by atoms with Gasteiger partial charge >= 0.3 is 12.1 Å². The maximum Gasteiger partial charge on any atom is 0.430 e. The maximum absolute atomic E-state index is 13.0. The van der Waals surface area contributed by atoms with E-state index in [2.05, 4.69) is 4.90 Å². The molecule has 22 heavy (non-hydrogen) atoms. The molecule has 0 aliphatic carbocycles. The molecule has 1 fully saturated rings. The van der Waals surface area contributed by atoms with Crippen LogP contribution in [-0.4, -0.2) is 36.4 Å². The van der Waals surface area contributed by atoms with Crippen molar-refractivity contribution in [2.75, 3.05) is 18.0 Å². The molecule has 0 spiro atoms. The number of halogens is 3. The molecular formula is C15H14F3NO3. The fraction of sp³-hybridized carbons (Fsp3) is 0.400. The average Bonchev–Trinajstić information content (AvgIpc) is 2.98. The Morgan fingerprint density at radius 2 is 1.95 bits per heavy atom. The van der Waals surface area contributed by atoms with Gasteiger partial charge in [0.2, 0.25) is 6.10 Å². The fourth-order valence-corrected chi connectivity index (χ4v) is 2.77. The van der Waals surface area contributed by atoms with Gasteiger partial charge in [0.05, 0.1) is 5.57 Å². The van der Waals surface area contributed by atoms with Gasteiger partial charge in [0.25, 0.3) is 0 Å². The molecule has 0 amide bonds. The van der Waals surface area contributed by atoms with Crippen molar-refractivity contribution < 1.29 is 27.8 Å². The van der Waals surface area contributed by atoms with Crippen LogP contribution in [0, 0.1) is 0 Å². The second kappa shape index (κ2) is 5.23. The van der Waals surface area contributed by atoms with Crippen molar-refractivity contribution >= 4 is 17.7 Å². The molecule has 4 nitrogen and oxygen atoms in total. The van der Waals surface area contributed by atoms with Crippen LogP contribution in [0.5, 0.6) is 5.75 Å². The minimum atomic E-state index is -4.77. The lowest BCUT2D eigenvalue weighted by atomic mass is 10.0. The van der Waals surface area contributed by atoms with Crippen molar-refractivity contribution in [3.63, 3.8) is 0 Å². The maximum atomic E-state index is 13.0. The van der Waals surface area contributed by atoms with Gasteiger partial charge in [0.1, 0.15) is 5.75 Å². The zero-order valence-corrected chi connectivity index (χ0v) is 11.6. The number of nitrogens with zero attached hydrogens (tertiary/aromatic N) is 1. The Kier molecular flexibility index (Phi) is 3.50. The van der Waals surface area contributed by atoms with E-state index in [1.807, 2.05) is 0 Å². The summed E-state index contributed by atoms with van der Waals surface area (Å²) in [5, 5.41) is 8.97. The number of hydrogen-bond acceptors (Lipinski definition) is 3. The van der Waals surface area contributed by atoms with Gasteiger partial charge in [-0.1, -0.05) is 0 Å². The lowest BCUT2D eigenvalue weighted by Crippen LogP contribution is -2.40. The third kappa shape index (κ3) is 2.63. The summed E-state index contributed by atoms with van der Waals surface area (Å²) < 4.78 is 44.0. The molecule has 118 valence electrons. The lowest BCUT2D eigenvalue weighted by Gasteiger charge is -2.28. The SMILES string of the molecule is O=C(O)C1=Cc2ccc(N3CCCC3)cc2OC1C(F)(F)F. The predicted octanol–water partition coefficient (Wildman–Crippen LogP) is 3.08. The largest absolute Gasteiger partial charge is 0.478 e. The van der Waals surface area contributed by atoms with Crippen molar-refractivity contribution in [1.82, 2.24) is 0 Å². The van der Waals surface area contributed by atoms with Crippen LogP contribution in [0.3, 0.4) is 0 Å². The molecule has 1 aromatic rings. The van der Waals surface area contributed by atoms with Crippen molar-refractivity contribution in [3.8, 4) is 5.75 Å². The highest BCUT2D eigenvalue weighted by atomic mass is 19.4. The minimum Gasteiger partial charge on any atom is -0.478 e. The molecule has 1 N–H and O–H groups in total. The highest BCUT2D eigenvalue weighted by molar-refractivity contribution is 5.95. The van der Waals surface area contributed by atoms with Gasteiger partial charge < -0.3 is 14.7 Å². The summed E-state index contributed by atoms with van der Waals surface area (Å²) in [6.07, 6.45) is -4.08.